The van der Waals surface area contributed by atoms with Gasteiger partial charge in [0.25, 0.3) is 0 Å². The van der Waals surface area contributed by atoms with Crippen LogP contribution < -0.4 is 5.32 Å². The third-order valence-electron chi connectivity index (χ3n) is 3.25. The standard InChI is InChI=1S/C15H18ClNS/c1-10-5-4-6-11(2)13(10)9-17-12(3)14-7-8-15(16)18-14/h4-8,12,17H,9H2,1-3H3. The number of nitrogens with one attached hydrogen (secondary N) is 1. The molecule has 0 aliphatic rings. The molecule has 0 saturated carbocycles. The molecule has 0 amide bonds. The second-order valence-corrected chi connectivity index (χ2v) is 6.36. The van der Waals surface area contributed by atoms with Crippen LogP contribution in [0.2, 0.25) is 4.34 Å². The smallest absolute Gasteiger partial charge is 0.0931 e. The second kappa shape index (κ2) is 5.87. The zero-order chi connectivity index (χ0) is 13.1. The Kier molecular flexibility index (Phi) is 4.44. The summed E-state index contributed by atoms with van der Waals surface area (Å²) in [7, 11) is 0. The highest BCUT2D eigenvalue weighted by molar-refractivity contribution is 7.16. The molecule has 2 aromatic rings. The quantitative estimate of drug-likeness (QED) is 0.842. The largest absolute Gasteiger partial charge is 0.305 e. The molecule has 0 fully saturated rings. The molecule has 0 aliphatic carbocycles. The van der Waals surface area contributed by atoms with E-state index in [-0.39, 0.29) is 0 Å². The van der Waals surface area contributed by atoms with Gasteiger partial charge < -0.3 is 5.32 Å². The number of hydrogen-bond donors (Lipinski definition) is 1. The summed E-state index contributed by atoms with van der Waals surface area (Å²) in [5.41, 5.74) is 4.09. The Morgan fingerprint density at radius 2 is 1.83 bits per heavy atom. The molecule has 96 valence electrons. The Morgan fingerprint density at radius 1 is 1.17 bits per heavy atom. The normalized spacial score (nSPS) is 12.7. The summed E-state index contributed by atoms with van der Waals surface area (Å²) in [6.45, 7) is 7.40. The Bertz CT molecular complexity index is 513. The van der Waals surface area contributed by atoms with Crippen LogP contribution in [0.15, 0.2) is 30.3 Å². The van der Waals surface area contributed by atoms with Gasteiger partial charge >= 0.3 is 0 Å². The molecule has 1 unspecified atom stereocenters. The average Bonchev–Trinajstić information content (AvgIpc) is 2.75. The van der Waals surface area contributed by atoms with Gasteiger partial charge in [0, 0.05) is 17.5 Å². The van der Waals surface area contributed by atoms with E-state index in [0.29, 0.717) is 6.04 Å². The van der Waals surface area contributed by atoms with E-state index in [0.717, 1.165) is 10.9 Å². The molecule has 0 spiro atoms. The molecule has 1 aromatic heterocycles. The van der Waals surface area contributed by atoms with Crippen LogP contribution in [0.25, 0.3) is 0 Å². The topological polar surface area (TPSA) is 12.0 Å². The first-order chi connectivity index (χ1) is 8.58. The molecule has 0 saturated heterocycles. The van der Waals surface area contributed by atoms with Crippen molar-refractivity contribution in [2.45, 2.75) is 33.4 Å². The van der Waals surface area contributed by atoms with Gasteiger partial charge in [-0.2, -0.15) is 0 Å². The number of aryl methyl sites for hydroxylation is 2. The van der Waals surface area contributed by atoms with Gasteiger partial charge in [0.1, 0.15) is 0 Å². The average molecular weight is 280 g/mol. The van der Waals surface area contributed by atoms with E-state index in [1.807, 2.05) is 6.07 Å². The summed E-state index contributed by atoms with van der Waals surface area (Å²) < 4.78 is 0.853. The van der Waals surface area contributed by atoms with Gasteiger partial charge in [-0.25, -0.2) is 0 Å². The first-order valence-corrected chi connectivity index (χ1v) is 7.31. The molecule has 0 aliphatic heterocycles. The maximum absolute atomic E-state index is 5.96. The van der Waals surface area contributed by atoms with Crippen LogP contribution in [0, 0.1) is 13.8 Å². The zero-order valence-corrected chi connectivity index (χ0v) is 12.5. The Hall–Kier alpha value is -0.830. The lowest BCUT2D eigenvalue weighted by Crippen LogP contribution is -2.18. The predicted octanol–water partition coefficient (Wildman–Crippen LogP) is 4.87. The van der Waals surface area contributed by atoms with Gasteiger partial charge in [0.2, 0.25) is 0 Å². The van der Waals surface area contributed by atoms with Crippen LogP contribution in [-0.2, 0) is 6.54 Å². The fraction of sp³-hybridized carbons (Fsp3) is 0.333. The SMILES string of the molecule is Cc1cccc(C)c1CNC(C)c1ccc(Cl)s1. The van der Waals surface area contributed by atoms with Crippen molar-refractivity contribution in [1.82, 2.24) is 5.32 Å². The number of halogens is 1. The van der Waals surface area contributed by atoms with Gasteiger partial charge in [-0.3, -0.25) is 0 Å². The van der Waals surface area contributed by atoms with Crippen molar-refractivity contribution in [1.29, 1.82) is 0 Å². The van der Waals surface area contributed by atoms with Crippen LogP contribution in [0.1, 0.15) is 34.5 Å². The maximum Gasteiger partial charge on any atom is 0.0931 e. The molecular formula is C15H18ClNS. The summed E-state index contributed by atoms with van der Waals surface area (Å²) in [5.74, 6) is 0. The fourth-order valence-corrected chi connectivity index (χ4v) is 3.13. The van der Waals surface area contributed by atoms with E-state index >= 15 is 0 Å². The van der Waals surface area contributed by atoms with Crippen molar-refractivity contribution in [3.8, 4) is 0 Å². The predicted molar refractivity (Wildman–Crippen MR) is 80.5 cm³/mol. The van der Waals surface area contributed by atoms with Crippen molar-refractivity contribution >= 4 is 22.9 Å². The van der Waals surface area contributed by atoms with Gasteiger partial charge in [0.15, 0.2) is 0 Å². The molecular weight excluding hydrogens is 262 g/mol. The lowest BCUT2D eigenvalue weighted by Gasteiger charge is -2.15. The zero-order valence-electron chi connectivity index (χ0n) is 11.0. The minimum Gasteiger partial charge on any atom is -0.305 e. The minimum absolute atomic E-state index is 0.335. The lowest BCUT2D eigenvalue weighted by molar-refractivity contribution is 0.580. The van der Waals surface area contributed by atoms with Crippen molar-refractivity contribution in [2.75, 3.05) is 0 Å². The molecule has 1 aromatic carbocycles. The van der Waals surface area contributed by atoms with Crippen LogP contribution in [0.5, 0.6) is 0 Å². The first-order valence-electron chi connectivity index (χ1n) is 6.11. The monoisotopic (exact) mass is 279 g/mol. The van der Waals surface area contributed by atoms with E-state index < -0.39 is 0 Å². The molecule has 0 radical (unpaired) electrons. The molecule has 1 atom stereocenters. The van der Waals surface area contributed by atoms with Crippen LogP contribution in [0.3, 0.4) is 0 Å². The molecule has 0 bridgehead atoms. The summed E-state index contributed by atoms with van der Waals surface area (Å²) in [5, 5.41) is 3.56. The van der Waals surface area contributed by atoms with E-state index in [2.05, 4.69) is 50.4 Å². The summed E-state index contributed by atoms with van der Waals surface area (Å²) in [6.07, 6.45) is 0. The number of hydrogen-bond acceptors (Lipinski definition) is 2. The van der Waals surface area contributed by atoms with E-state index in [1.54, 1.807) is 11.3 Å². The highest BCUT2D eigenvalue weighted by atomic mass is 35.5. The first kappa shape index (κ1) is 13.6. The highest BCUT2D eigenvalue weighted by Crippen LogP contribution is 2.27. The van der Waals surface area contributed by atoms with Gasteiger partial charge in [-0.15, -0.1) is 11.3 Å². The molecule has 3 heteroatoms. The van der Waals surface area contributed by atoms with Crippen molar-refractivity contribution in [3.05, 3.63) is 56.2 Å². The Balaban J connectivity index is 2.03. The van der Waals surface area contributed by atoms with Crippen LogP contribution in [-0.4, -0.2) is 0 Å². The van der Waals surface area contributed by atoms with E-state index in [4.69, 9.17) is 11.6 Å². The summed E-state index contributed by atoms with van der Waals surface area (Å²) in [4.78, 5) is 1.28. The van der Waals surface area contributed by atoms with Crippen molar-refractivity contribution < 1.29 is 0 Å². The fourth-order valence-electron chi connectivity index (χ4n) is 2.04. The Labute approximate surface area is 118 Å². The van der Waals surface area contributed by atoms with Gasteiger partial charge in [0.05, 0.1) is 4.34 Å². The van der Waals surface area contributed by atoms with E-state index in [1.165, 1.54) is 21.6 Å². The van der Waals surface area contributed by atoms with Crippen molar-refractivity contribution in [2.24, 2.45) is 0 Å². The molecule has 18 heavy (non-hydrogen) atoms. The van der Waals surface area contributed by atoms with Gasteiger partial charge in [-0.05, 0) is 49.6 Å². The number of benzene rings is 1. The third-order valence-corrected chi connectivity index (χ3v) is 4.66. The molecule has 1 heterocycles. The van der Waals surface area contributed by atoms with Crippen LogP contribution in [0.4, 0.5) is 0 Å². The number of thiophene rings is 1. The lowest BCUT2D eigenvalue weighted by atomic mass is 10.0. The summed E-state index contributed by atoms with van der Waals surface area (Å²) in [6, 6.07) is 10.8. The van der Waals surface area contributed by atoms with E-state index in [9.17, 15) is 0 Å². The molecule has 2 rings (SSSR count). The molecule has 1 nitrogen and oxygen atoms in total. The third kappa shape index (κ3) is 3.14. The maximum atomic E-state index is 5.96. The Morgan fingerprint density at radius 3 is 2.39 bits per heavy atom. The summed E-state index contributed by atoms with van der Waals surface area (Å²) >= 11 is 7.61. The molecule has 1 N–H and O–H groups in total. The van der Waals surface area contributed by atoms with Gasteiger partial charge in [-0.1, -0.05) is 29.8 Å². The van der Waals surface area contributed by atoms with Crippen LogP contribution >= 0.6 is 22.9 Å². The minimum atomic E-state index is 0.335. The highest BCUT2D eigenvalue weighted by Gasteiger charge is 2.09. The van der Waals surface area contributed by atoms with Crippen molar-refractivity contribution in [3.63, 3.8) is 0 Å². The number of rotatable bonds is 4. The second-order valence-electron chi connectivity index (χ2n) is 4.61.